The molecular formula is C17H21N5O. The molecule has 6 heteroatoms. The Morgan fingerprint density at radius 2 is 2.04 bits per heavy atom. The van der Waals surface area contributed by atoms with Crippen LogP contribution in [0.15, 0.2) is 47.7 Å². The van der Waals surface area contributed by atoms with Crippen LogP contribution < -0.4 is 11.3 Å². The molecule has 0 unspecified atom stereocenters. The zero-order valence-electron chi connectivity index (χ0n) is 13.4. The van der Waals surface area contributed by atoms with Crippen molar-refractivity contribution in [1.29, 1.82) is 0 Å². The zero-order chi connectivity index (χ0) is 16.4. The summed E-state index contributed by atoms with van der Waals surface area (Å²) in [6.07, 6.45) is 6.16. The third-order valence-corrected chi connectivity index (χ3v) is 3.75. The van der Waals surface area contributed by atoms with Crippen molar-refractivity contribution in [2.75, 3.05) is 0 Å². The minimum Gasteiger partial charge on any atom is -0.326 e. The lowest BCUT2D eigenvalue weighted by molar-refractivity contribution is 0.442. The van der Waals surface area contributed by atoms with Gasteiger partial charge in [-0.2, -0.15) is 5.10 Å². The molecule has 3 heterocycles. The number of rotatable bonds is 5. The summed E-state index contributed by atoms with van der Waals surface area (Å²) < 4.78 is 3.35. The van der Waals surface area contributed by atoms with Crippen molar-refractivity contribution in [2.24, 2.45) is 11.7 Å². The van der Waals surface area contributed by atoms with Crippen molar-refractivity contribution < 1.29 is 0 Å². The van der Waals surface area contributed by atoms with Crippen LogP contribution in [0.1, 0.15) is 20.3 Å². The van der Waals surface area contributed by atoms with Crippen LogP contribution in [0, 0.1) is 5.92 Å². The Labute approximate surface area is 134 Å². The maximum Gasteiger partial charge on any atom is 0.251 e. The Bertz CT molecular complexity index is 865. The van der Waals surface area contributed by atoms with E-state index in [-0.39, 0.29) is 11.6 Å². The fraction of sp³-hybridized carbons (Fsp3) is 0.353. The highest BCUT2D eigenvalue weighted by Crippen LogP contribution is 2.15. The fourth-order valence-corrected chi connectivity index (χ4v) is 2.72. The molecule has 3 rings (SSSR count). The van der Waals surface area contributed by atoms with Gasteiger partial charge < -0.3 is 10.3 Å². The highest BCUT2D eigenvalue weighted by atomic mass is 16.1. The van der Waals surface area contributed by atoms with Gasteiger partial charge in [-0.05, 0) is 30.5 Å². The van der Waals surface area contributed by atoms with Crippen LogP contribution in [0.2, 0.25) is 0 Å². The summed E-state index contributed by atoms with van der Waals surface area (Å²) >= 11 is 0. The third kappa shape index (κ3) is 3.48. The van der Waals surface area contributed by atoms with E-state index in [0.29, 0.717) is 12.5 Å². The molecule has 0 amide bonds. The summed E-state index contributed by atoms with van der Waals surface area (Å²) in [5, 5.41) is 4.46. The van der Waals surface area contributed by atoms with Crippen molar-refractivity contribution in [3.05, 3.63) is 53.2 Å². The van der Waals surface area contributed by atoms with E-state index in [2.05, 4.69) is 23.9 Å². The molecule has 0 fully saturated rings. The molecule has 2 N–H and O–H groups in total. The van der Waals surface area contributed by atoms with Gasteiger partial charge in [0, 0.05) is 42.8 Å². The van der Waals surface area contributed by atoms with Crippen molar-refractivity contribution in [3.8, 4) is 11.3 Å². The number of hydrogen-bond donors (Lipinski definition) is 1. The molecule has 0 aromatic carbocycles. The van der Waals surface area contributed by atoms with E-state index in [1.165, 1.54) is 0 Å². The van der Waals surface area contributed by atoms with Crippen LogP contribution in [-0.4, -0.2) is 25.2 Å². The van der Waals surface area contributed by atoms with Gasteiger partial charge in [0.25, 0.3) is 5.56 Å². The first-order valence-corrected chi connectivity index (χ1v) is 7.80. The van der Waals surface area contributed by atoms with Gasteiger partial charge in [-0.25, -0.2) is 9.50 Å². The highest BCUT2D eigenvalue weighted by Gasteiger charge is 2.09. The Hall–Kier alpha value is -2.47. The van der Waals surface area contributed by atoms with Crippen molar-refractivity contribution in [1.82, 2.24) is 19.2 Å². The fourth-order valence-electron chi connectivity index (χ4n) is 2.72. The number of hydrogen-bond acceptors (Lipinski definition) is 4. The molecule has 0 bridgehead atoms. The van der Waals surface area contributed by atoms with E-state index in [9.17, 15) is 4.79 Å². The zero-order valence-corrected chi connectivity index (χ0v) is 13.4. The molecule has 0 radical (unpaired) electrons. The lowest BCUT2D eigenvalue weighted by Gasteiger charge is -2.15. The molecule has 0 aliphatic heterocycles. The quantitative estimate of drug-likeness (QED) is 0.781. The summed E-state index contributed by atoms with van der Waals surface area (Å²) in [5.41, 5.74) is 8.34. The molecule has 0 saturated heterocycles. The SMILES string of the molecule is CC(C)C[C@H](N)Cn1ccc(-c2ccc3nccn3n2)cc1=O. The van der Waals surface area contributed by atoms with Crippen LogP contribution in [0.5, 0.6) is 0 Å². The minimum absolute atomic E-state index is 0.0148. The maximum absolute atomic E-state index is 12.3. The Balaban J connectivity index is 1.85. The second kappa shape index (κ2) is 6.34. The number of pyridine rings is 1. The molecular weight excluding hydrogens is 290 g/mol. The van der Waals surface area contributed by atoms with Crippen LogP contribution in [0.3, 0.4) is 0 Å². The molecule has 0 aliphatic carbocycles. The highest BCUT2D eigenvalue weighted by molar-refractivity contribution is 5.59. The molecule has 0 saturated carbocycles. The number of nitrogens with zero attached hydrogens (tertiary/aromatic N) is 4. The van der Waals surface area contributed by atoms with E-state index >= 15 is 0 Å². The Morgan fingerprint density at radius 3 is 2.78 bits per heavy atom. The van der Waals surface area contributed by atoms with Crippen LogP contribution >= 0.6 is 0 Å². The normalized spacial score (nSPS) is 12.9. The second-order valence-corrected chi connectivity index (χ2v) is 6.24. The van der Waals surface area contributed by atoms with E-state index in [0.717, 1.165) is 23.3 Å². The van der Waals surface area contributed by atoms with Crippen LogP contribution in [-0.2, 0) is 6.54 Å². The molecule has 3 aromatic heterocycles. The Morgan fingerprint density at radius 1 is 1.22 bits per heavy atom. The summed E-state index contributed by atoms with van der Waals surface area (Å²) in [5.74, 6) is 0.520. The number of imidazole rings is 1. The van der Waals surface area contributed by atoms with Gasteiger partial charge in [0.2, 0.25) is 0 Å². The van der Waals surface area contributed by atoms with Gasteiger partial charge in [0.15, 0.2) is 5.65 Å². The average Bonchev–Trinajstić information content (AvgIpc) is 2.96. The molecule has 23 heavy (non-hydrogen) atoms. The average molecular weight is 311 g/mol. The first kappa shape index (κ1) is 15.4. The Kier molecular flexibility index (Phi) is 4.25. The molecule has 120 valence electrons. The second-order valence-electron chi connectivity index (χ2n) is 6.24. The van der Waals surface area contributed by atoms with Gasteiger partial charge in [-0.3, -0.25) is 4.79 Å². The molecule has 6 nitrogen and oxygen atoms in total. The van der Waals surface area contributed by atoms with Gasteiger partial charge in [-0.1, -0.05) is 13.8 Å². The number of fused-ring (bicyclic) bond motifs is 1. The van der Waals surface area contributed by atoms with Gasteiger partial charge in [0.05, 0.1) is 5.69 Å². The minimum atomic E-state index is -0.0609. The van der Waals surface area contributed by atoms with E-state index in [1.54, 1.807) is 33.7 Å². The third-order valence-electron chi connectivity index (χ3n) is 3.75. The predicted octanol–water partition coefficient (Wildman–Crippen LogP) is 1.93. The molecule has 1 atom stereocenters. The monoisotopic (exact) mass is 311 g/mol. The lowest BCUT2D eigenvalue weighted by Crippen LogP contribution is -2.32. The number of nitrogens with two attached hydrogens (primary N) is 1. The largest absolute Gasteiger partial charge is 0.326 e. The van der Waals surface area contributed by atoms with Crippen molar-refractivity contribution in [3.63, 3.8) is 0 Å². The lowest BCUT2D eigenvalue weighted by atomic mass is 10.0. The first-order valence-electron chi connectivity index (χ1n) is 7.80. The molecule has 0 aliphatic rings. The standard InChI is InChI=1S/C17H21N5O/c1-12(2)9-14(18)11-21-7-5-13(10-17(21)23)15-3-4-16-19-6-8-22(16)20-15/h3-8,10,12,14H,9,11,18H2,1-2H3/t14-/m0/s1. The molecule has 3 aromatic rings. The van der Waals surface area contributed by atoms with Crippen molar-refractivity contribution in [2.45, 2.75) is 32.9 Å². The van der Waals surface area contributed by atoms with Gasteiger partial charge in [-0.15, -0.1) is 0 Å². The summed E-state index contributed by atoms with van der Waals surface area (Å²) in [7, 11) is 0. The summed E-state index contributed by atoms with van der Waals surface area (Å²) in [6, 6.07) is 7.24. The van der Waals surface area contributed by atoms with Crippen molar-refractivity contribution >= 4 is 5.65 Å². The van der Waals surface area contributed by atoms with Gasteiger partial charge >= 0.3 is 0 Å². The maximum atomic E-state index is 12.3. The van der Waals surface area contributed by atoms with E-state index < -0.39 is 0 Å². The molecule has 0 spiro atoms. The van der Waals surface area contributed by atoms with E-state index in [4.69, 9.17) is 5.73 Å². The summed E-state index contributed by atoms with van der Waals surface area (Å²) in [4.78, 5) is 16.5. The van der Waals surface area contributed by atoms with Gasteiger partial charge in [0.1, 0.15) is 0 Å². The smallest absolute Gasteiger partial charge is 0.251 e. The number of aromatic nitrogens is 4. The van der Waals surface area contributed by atoms with Crippen LogP contribution in [0.25, 0.3) is 16.9 Å². The first-order chi connectivity index (χ1) is 11.0. The van der Waals surface area contributed by atoms with E-state index in [1.807, 2.05) is 18.2 Å². The van der Waals surface area contributed by atoms with Crippen LogP contribution in [0.4, 0.5) is 0 Å². The predicted molar refractivity (Wildman–Crippen MR) is 90.1 cm³/mol. The topological polar surface area (TPSA) is 78.2 Å². The summed E-state index contributed by atoms with van der Waals surface area (Å²) in [6.45, 7) is 4.79.